The van der Waals surface area contributed by atoms with Crippen molar-refractivity contribution < 1.29 is 0 Å². The van der Waals surface area contributed by atoms with Crippen LogP contribution in [0.2, 0.25) is 0 Å². The molecule has 0 nitrogen and oxygen atoms in total. The van der Waals surface area contributed by atoms with E-state index in [1.54, 1.807) is 0 Å². The fraction of sp³-hybridized carbons (Fsp3) is 0. The fourth-order valence-corrected chi connectivity index (χ4v) is 10.5. The van der Waals surface area contributed by atoms with Gasteiger partial charge in [-0.3, -0.25) is 0 Å². The molecule has 13 aromatic carbocycles. The highest BCUT2D eigenvalue weighted by atomic mass is 14.3. The molecule has 0 bridgehead atoms. The molecule has 0 spiro atoms. The highest BCUT2D eigenvalue weighted by molar-refractivity contribution is 6.28. The van der Waals surface area contributed by atoms with Gasteiger partial charge in [0.25, 0.3) is 0 Å². The van der Waals surface area contributed by atoms with Crippen LogP contribution in [0.5, 0.6) is 0 Å². The number of hydrogen-bond donors (Lipinski definition) is 0. The lowest BCUT2D eigenvalue weighted by Gasteiger charge is -2.23. The topological polar surface area (TPSA) is 0 Å². The van der Waals surface area contributed by atoms with Crippen LogP contribution in [0.4, 0.5) is 0 Å². The molecule has 0 atom stereocenters. The predicted molar refractivity (Wildman–Crippen MR) is 259 cm³/mol. The molecule has 0 saturated heterocycles. The second-order valence-corrected chi connectivity index (χ2v) is 16.3. The van der Waals surface area contributed by atoms with Crippen molar-refractivity contribution in [2.24, 2.45) is 0 Å². The third kappa shape index (κ3) is 4.86. The Hall–Kier alpha value is -7.80. The molecule has 13 rings (SSSR count). The van der Waals surface area contributed by atoms with Gasteiger partial charge in [0.2, 0.25) is 0 Å². The molecule has 0 aliphatic carbocycles. The van der Waals surface area contributed by atoms with E-state index < -0.39 is 0 Å². The van der Waals surface area contributed by atoms with Gasteiger partial charge in [0, 0.05) is 0 Å². The van der Waals surface area contributed by atoms with Crippen molar-refractivity contribution in [2.45, 2.75) is 0 Å². The van der Waals surface area contributed by atoms with Crippen molar-refractivity contribution in [2.75, 3.05) is 0 Å². The molecule has 0 fully saturated rings. The van der Waals surface area contributed by atoms with Gasteiger partial charge in [-0.2, -0.15) is 0 Å². The molecule has 0 aromatic heterocycles. The average Bonchev–Trinajstić information content (AvgIpc) is 3.32. The second-order valence-electron chi connectivity index (χ2n) is 16.3. The van der Waals surface area contributed by atoms with Crippen LogP contribution >= 0.6 is 0 Å². The van der Waals surface area contributed by atoms with Crippen molar-refractivity contribution in [1.82, 2.24) is 0 Å². The molecule has 0 unspecified atom stereocenters. The zero-order chi connectivity index (χ0) is 39.3. The largest absolute Gasteiger partial charge is 0.0622 e. The summed E-state index contributed by atoms with van der Waals surface area (Å²) in [7, 11) is 0. The quantitative estimate of drug-likeness (QED) is 0.153. The first kappa shape index (κ1) is 33.2. The Morgan fingerprint density at radius 2 is 0.650 bits per heavy atom. The first-order valence-corrected chi connectivity index (χ1v) is 20.9. The molecule has 13 aromatic rings. The summed E-state index contributed by atoms with van der Waals surface area (Å²) >= 11 is 0. The summed E-state index contributed by atoms with van der Waals surface area (Å²) in [6.45, 7) is 0. The van der Waals surface area contributed by atoms with E-state index in [9.17, 15) is 0 Å². The molecule has 0 heteroatoms. The van der Waals surface area contributed by atoms with Gasteiger partial charge in [-0.15, -0.1) is 0 Å². The maximum atomic E-state index is 2.45. The fourth-order valence-electron chi connectivity index (χ4n) is 10.5. The van der Waals surface area contributed by atoms with Crippen LogP contribution in [-0.2, 0) is 0 Å². The molecular formula is C60H36. The molecule has 0 N–H and O–H groups in total. The van der Waals surface area contributed by atoms with Crippen molar-refractivity contribution in [3.8, 4) is 55.6 Å². The highest BCUT2D eigenvalue weighted by Gasteiger charge is 2.24. The summed E-state index contributed by atoms with van der Waals surface area (Å²) in [5.41, 5.74) is 12.3. The van der Waals surface area contributed by atoms with E-state index in [-0.39, 0.29) is 0 Å². The number of rotatable bonds is 5. The van der Waals surface area contributed by atoms with Crippen molar-refractivity contribution in [3.05, 3.63) is 218 Å². The van der Waals surface area contributed by atoms with Crippen molar-refractivity contribution >= 4 is 75.4 Å². The van der Waals surface area contributed by atoms with Crippen LogP contribution in [0.3, 0.4) is 0 Å². The SMILES string of the molecule is c1ccc(-c2cc(-c3ccc4ccc5cccc6ccc3c4c56)ccc2-c2cc3ccccc3c(-c3ccccc3)c2-c2ccc3ccc4cccc5ccc2c3c45)cc1. The Morgan fingerprint density at radius 1 is 0.183 bits per heavy atom. The van der Waals surface area contributed by atoms with E-state index >= 15 is 0 Å². The minimum atomic E-state index is 1.20. The highest BCUT2D eigenvalue weighted by Crippen LogP contribution is 2.51. The van der Waals surface area contributed by atoms with E-state index in [1.165, 1.54) is 131 Å². The van der Waals surface area contributed by atoms with Crippen molar-refractivity contribution in [1.29, 1.82) is 0 Å². The summed E-state index contributed by atoms with van der Waals surface area (Å²) in [5, 5.41) is 18.1. The van der Waals surface area contributed by atoms with Crippen LogP contribution in [-0.4, -0.2) is 0 Å². The molecule has 0 heterocycles. The molecule has 0 saturated carbocycles. The predicted octanol–water partition coefficient (Wildman–Crippen LogP) is 17.0. The zero-order valence-corrected chi connectivity index (χ0v) is 32.8. The molecule has 60 heavy (non-hydrogen) atoms. The lowest BCUT2D eigenvalue weighted by atomic mass is 9.79. The van der Waals surface area contributed by atoms with Crippen LogP contribution in [0.1, 0.15) is 0 Å². The smallest absolute Gasteiger partial charge is 0.00139 e. The third-order valence-electron chi connectivity index (χ3n) is 13.1. The first-order chi connectivity index (χ1) is 29.8. The van der Waals surface area contributed by atoms with E-state index in [2.05, 4.69) is 218 Å². The van der Waals surface area contributed by atoms with E-state index in [4.69, 9.17) is 0 Å². The first-order valence-electron chi connectivity index (χ1n) is 20.9. The molecule has 0 aliphatic heterocycles. The second kappa shape index (κ2) is 12.9. The monoisotopic (exact) mass is 756 g/mol. The van der Waals surface area contributed by atoms with Gasteiger partial charge in [-0.05, 0) is 143 Å². The summed E-state index contributed by atoms with van der Waals surface area (Å²) in [6, 6.07) is 81.7. The van der Waals surface area contributed by atoms with Gasteiger partial charge < -0.3 is 0 Å². The standard InChI is InChI=1S/C60H36/c1-3-11-37(12-4-1)53-35-46(47-30-25-43-23-21-39-16-9-18-41-26-32-50(47)58(43)55(39)41)29-31-49(53)54-36-45-15-7-8-20-48(45)57(38-13-5-2-6-14-38)60(54)52-34-28-44-24-22-40-17-10-19-42-27-33-51(52)59(44)56(40)42/h1-36H. The van der Waals surface area contributed by atoms with Gasteiger partial charge in [0.05, 0.1) is 0 Å². The Kier molecular flexibility index (Phi) is 7.11. The van der Waals surface area contributed by atoms with Crippen LogP contribution in [0, 0.1) is 0 Å². The maximum absolute atomic E-state index is 2.45. The minimum absolute atomic E-state index is 1.20. The van der Waals surface area contributed by atoms with E-state index in [1.807, 2.05) is 0 Å². The van der Waals surface area contributed by atoms with Gasteiger partial charge in [0.1, 0.15) is 0 Å². The van der Waals surface area contributed by atoms with Crippen LogP contribution < -0.4 is 0 Å². The van der Waals surface area contributed by atoms with Gasteiger partial charge in [0.15, 0.2) is 0 Å². The number of benzene rings is 13. The summed E-state index contributed by atoms with van der Waals surface area (Å²) in [5.74, 6) is 0. The maximum Gasteiger partial charge on any atom is -0.00139 e. The average molecular weight is 757 g/mol. The van der Waals surface area contributed by atoms with Gasteiger partial charge in [-0.25, -0.2) is 0 Å². The van der Waals surface area contributed by atoms with E-state index in [0.29, 0.717) is 0 Å². The Labute approximate surface area is 347 Å². The Morgan fingerprint density at radius 3 is 1.28 bits per heavy atom. The molecular weight excluding hydrogens is 721 g/mol. The summed E-state index contributed by atoms with van der Waals surface area (Å²) in [4.78, 5) is 0. The number of fused-ring (bicyclic) bond motifs is 1. The lowest BCUT2D eigenvalue weighted by molar-refractivity contribution is 1.57. The summed E-state index contributed by atoms with van der Waals surface area (Å²) < 4.78 is 0. The zero-order valence-electron chi connectivity index (χ0n) is 32.8. The van der Waals surface area contributed by atoms with Crippen LogP contribution in [0.15, 0.2) is 218 Å². The normalized spacial score (nSPS) is 12.0. The molecule has 0 aliphatic rings. The van der Waals surface area contributed by atoms with Crippen molar-refractivity contribution in [3.63, 3.8) is 0 Å². The molecule has 276 valence electrons. The summed E-state index contributed by atoms with van der Waals surface area (Å²) in [6.07, 6.45) is 0. The third-order valence-corrected chi connectivity index (χ3v) is 13.1. The lowest BCUT2D eigenvalue weighted by Crippen LogP contribution is -1.97. The number of hydrogen-bond acceptors (Lipinski definition) is 0. The minimum Gasteiger partial charge on any atom is -0.0622 e. The van der Waals surface area contributed by atoms with Gasteiger partial charge in [-0.1, -0.05) is 206 Å². The Balaban J connectivity index is 1.15. The van der Waals surface area contributed by atoms with E-state index in [0.717, 1.165) is 0 Å². The molecule has 0 amide bonds. The Bertz CT molecular complexity index is 3770. The van der Waals surface area contributed by atoms with Gasteiger partial charge >= 0.3 is 0 Å². The molecule has 0 radical (unpaired) electrons. The van der Waals surface area contributed by atoms with Crippen LogP contribution in [0.25, 0.3) is 131 Å².